The molecule has 26 heavy (non-hydrogen) atoms. The summed E-state index contributed by atoms with van der Waals surface area (Å²) in [5.41, 5.74) is 3.32. The molecule has 0 aliphatic heterocycles. The summed E-state index contributed by atoms with van der Waals surface area (Å²) in [4.78, 5) is 40.5. The van der Waals surface area contributed by atoms with Gasteiger partial charge in [0.1, 0.15) is 6.04 Å². The van der Waals surface area contributed by atoms with Crippen molar-refractivity contribution in [3.8, 4) is 0 Å². The molecule has 0 unspecified atom stereocenters. The van der Waals surface area contributed by atoms with E-state index < -0.39 is 31.7 Å². The van der Waals surface area contributed by atoms with Crippen molar-refractivity contribution in [2.45, 2.75) is 59.4 Å². The van der Waals surface area contributed by atoms with E-state index in [1.54, 1.807) is 6.92 Å². The number of carboxylic acids is 1. The van der Waals surface area contributed by atoms with Crippen molar-refractivity contribution >= 4 is 19.5 Å². The summed E-state index contributed by atoms with van der Waals surface area (Å²) < 4.78 is 10.9. The molecule has 0 bridgehead atoms. The summed E-state index contributed by atoms with van der Waals surface area (Å²) in [6, 6.07) is -1.62. The van der Waals surface area contributed by atoms with E-state index >= 15 is 0 Å². The van der Waals surface area contributed by atoms with E-state index in [2.05, 4.69) is 38.2 Å². The molecule has 0 aromatic heterocycles. The fourth-order valence-corrected chi connectivity index (χ4v) is 2.89. The van der Waals surface area contributed by atoms with E-state index in [9.17, 15) is 14.2 Å². The predicted octanol–water partition coefficient (Wildman–Crippen LogP) is 3.15. The first kappa shape index (κ1) is 24.3. The van der Waals surface area contributed by atoms with Crippen LogP contribution in [0.25, 0.3) is 0 Å². The third kappa shape index (κ3) is 13.6. The lowest BCUT2D eigenvalue weighted by molar-refractivity contribution is -0.140. The Kier molecular flexibility index (Phi) is 11.1. The van der Waals surface area contributed by atoms with Gasteiger partial charge >= 0.3 is 13.6 Å². The maximum atomic E-state index is 11.8. The molecule has 0 saturated carbocycles. The van der Waals surface area contributed by atoms with E-state index in [-0.39, 0.29) is 0 Å². The van der Waals surface area contributed by atoms with Crippen LogP contribution >= 0.6 is 7.60 Å². The lowest BCUT2D eigenvalue weighted by Crippen LogP contribution is -2.42. The molecule has 0 radical (unpaired) electrons. The molecule has 0 aromatic carbocycles. The Balaban J connectivity index is 4.52. The van der Waals surface area contributed by atoms with E-state index in [4.69, 9.17) is 14.9 Å². The summed E-state index contributed by atoms with van der Waals surface area (Å²) in [7, 11) is -4.54. The smallest absolute Gasteiger partial charge is 0.328 e. The molecule has 7 nitrogen and oxygen atoms in total. The zero-order chi connectivity index (χ0) is 20.3. The number of carbonyl (C=O) groups is 2. The molecular formula is C18H30NO6P. The topological polar surface area (TPSA) is 124 Å². The Morgan fingerprint density at radius 2 is 1.54 bits per heavy atom. The summed E-state index contributed by atoms with van der Waals surface area (Å²) in [6.07, 6.45) is 8.02. The lowest BCUT2D eigenvalue weighted by atomic mass is 10.1. The number of carboxylic acid groups (broad SMARTS) is 1. The molecule has 0 aliphatic rings. The number of allylic oxidation sites excluding steroid dienone is 5. The molecule has 0 rings (SSSR count). The van der Waals surface area contributed by atoms with E-state index in [0.29, 0.717) is 6.42 Å². The standard InChI is InChI=1S/C18H30NO6P/c1-13(2)7-5-8-14(3)9-6-10-15(4)11-17(20)19-16(18(21)22)12-26(23,24)25/h7,9,11,16H,5-6,8,10,12H2,1-4H3,(H,19,20)(H,21,22)(H2,23,24,25)/t16-/m0/s1. The molecule has 0 saturated heterocycles. The maximum absolute atomic E-state index is 11.8. The zero-order valence-electron chi connectivity index (χ0n) is 15.9. The first-order valence-electron chi connectivity index (χ1n) is 8.44. The molecule has 1 atom stereocenters. The van der Waals surface area contributed by atoms with Gasteiger partial charge in [-0.25, -0.2) is 4.79 Å². The lowest BCUT2D eigenvalue weighted by Gasteiger charge is -2.14. The summed E-state index contributed by atoms with van der Waals surface area (Å²) in [6.45, 7) is 7.94. The largest absolute Gasteiger partial charge is 0.480 e. The van der Waals surface area contributed by atoms with Crippen molar-refractivity contribution < 1.29 is 29.0 Å². The van der Waals surface area contributed by atoms with Gasteiger partial charge in [0.15, 0.2) is 0 Å². The van der Waals surface area contributed by atoms with Gasteiger partial charge in [0.2, 0.25) is 5.91 Å². The Hall–Kier alpha value is -1.69. The molecule has 4 N–H and O–H groups in total. The van der Waals surface area contributed by atoms with E-state index in [1.165, 1.54) is 17.2 Å². The Morgan fingerprint density at radius 1 is 1.00 bits per heavy atom. The second-order valence-electron chi connectivity index (χ2n) is 6.65. The first-order valence-corrected chi connectivity index (χ1v) is 10.2. The summed E-state index contributed by atoms with van der Waals surface area (Å²) >= 11 is 0. The van der Waals surface area contributed by atoms with Gasteiger partial charge in [-0.2, -0.15) is 0 Å². The number of amides is 1. The van der Waals surface area contributed by atoms with Gasteiger partial charge in [0, 0.05) is 6.08 Å². The highest BCUT2D eigenvalue weighted by molar-refractivity contribution is 7.51. The van der Waals surface area contributed by atoms with Gasteiger partial charge in [0.05, 0.1) is 6.16 Å². The van der Waals surface area contributed by atoms with Crippen LogP contribution in [0.5, 0.6) is 0 Å². The average Bonchev–Trinajstić information content (AvgIpc) is 2.44. The van der Waals surface area contributed by atoms with Crippen molar-refractivity contribution in [2.24, 2.45) is 0 Å². The second kappa shape index (κ2) is 11.8. The van der Waals surface area contributed by atoms with Crippen molar-refractivity contribution in [2.75, 3.05) is 6.16 Å². The zero-order valence-corrected chi connectivity index (χ0v) is 16.8. The number of aliphatic carboxylic acids is 1. The van der Waals surface area contributed by atoms with Crippen LogP contribution in [0.15, 0.2) is 34.9 Å². The molecule has 0 aromatic rings. The monoisotopic (exact) mass is 387 g/mol. The van der Waals surface area contributed by atoms with E-state index in [1.807, 2.05) is 0 Å². The first-order chi connectivity index (χ1) is 11.9. The Morgan fingerprint density at radius 3 is 2.04 bits per heavy atom. The second-order valence-corrected chi connectivity index (χ2v) is 8.34. The molecule has 148 valence electrons. The molecular weight excluding hydrogens is 357 g/mol. The molecule has 0 spiro atoms. The molecule has 8 heteroatoms. The molecule has 0 fully saturated rings. The minimum Gasteiger partial charge on any atom is -0.480 e. The van der Waals surface area contributed by atoms with Crippen LogP contribution in [0.3, 0.4) is 0 Å². The third-order valence-electron chi connectivity index (χ3n) is 3.54. The maximum Gasteiger partial charge on any atom is 0.328 e. The van der Waals surface area contributed by atoms with Gasteiger partial charge in [-0.1, -0.05) is 28.9 Å². The van der Waals surface area contributed by atoms with Gasteiger partial charge in [0.25, 0.3) is 0 Å². The molecule has 1 amide bonds. The van der Waals surface area contributed by atoms with Gasteiger partial charge in [-0.05, 0) is 53.4 Å². The predicted molar refractivity (Wildman–Crippen MR) is 102 cm³/mol. The van der Waals surface area contributed by atoms with Crippen LogP contribution in [0.4, 0.5) is 0 Å². The van der Waals surface area contributed by atoms with Crippen molar-refractivity contribution in [1.82, 2.24) is 5.32 Å². The normalized spacial score (nSPS) is 13.9. The highest BCUT2D eigenvalue weighted by atomic mass is 31.2. The summed E-state index contributed by atoms with van der Waals surface area (Å²) in [5.74, 6) is -2.16. The Labute approximate surface area is 155 Å². The van der Waals surface area contributed by atoms with E-state index in [0.717, 1.165) is 24.8 Å². The van der Waals surface area contributed by atoms with Crippen LogP contribution in [-0.4, -0.2) is 39.0 Å². The minimum absolute atomic E-state index is 0.642. The quantitative estimate of drug-likeness (QED) is 0.245. The van der Waals surface area contributed by atoms with Crippen LogP contribution in [0.2, 0.25) is 0 Å². The number of hydrogen-bond donors (Lipinski definition) is 4. The van der Waals surface area contributed by atoms with Crippen LogP contribution < -0.4 is 5.32 Å². The third-order valence-corrected chi connectivity index (χ3v) is 4.38. The SMILES string of the molecule is CC(C)=CCCC(C)=CCCC(C)=CC(=O)N[C@@H](CP(=O)(O)O)C(=O)O. The number of carbonyl (C=O) groups excluding carboxylic acids is 1. The average molecular weight is 387 g/mol. The van der Waals surface area contributed by atoms with Gasteiger partial charge in [-0.3, -0.25) is 9.36 Å². The van der Waals surface area contributed by atoms with Crippen LogP contribution in [0, 0.1) is 0 Å². The van der Waals surface area contributed by atoms with Crippen molar-refractivity contribution in [3.05, 3.63) is 34.9 Å². The fraction of sp³-hybridized carbons (Fsp3) is 0.556. The number of hydrogen-bond acceptors (Lipinski definition) is 3. The number of nitrogens with one attached hydrogen (secondary N) is 1. The Bertz CT molecular complexity index is 626. The van der Waals surface area contributed by atoms with Crippen molar-refractivity contribution in [1.29, 1.82) is 0 Å². The highest BCUT2D eigenvalue weighted by Gasteiger charge is 2.28. The van der Waals surface area contributed by atoms with Crippen LogP contribution in [-0.2, 0) is 14.2 Å². The minimum atomic E-state index is -4.54. The summed E-state index contributed by atoms with van der Waals surface area (Å²) in [5, 5.41) is 11.0. The van der Waals surface area contributed by atoms with Gasteiger partial charge in [-0.15, -0.1) is 0 Å². The highest BCUT2D eigenvalue weighted by Crippen LogP contribution is 2.34. The molecule has 0 heterocycles. The molecule has 0 aliphatic carbocycles. The van der Waals surface area contributed by atoms with Crippen molar-refractivity contribution in [3.63, 3.8) is 0 Å². The fourth-order valence-electron chi connectivity index (χ4n) is 2.17. The van der Waals surface area contributed by atoms with Crippen LogP contribution in [0.1, 0.15) is 53.4 Å². The van der Waals surface area contributed by atoms with Gasteiger partial charge < -0.3 is 20.2 Å². The number of rotatable bonds is 11.